The summed E-state index contributed by atoms with van der Waals surface area (Å²) in [6, 6.07) is 6.76. The molecule has 0 amide bonds. The van der Waals surface area contributed by atoms with Gasteiger partial charge in [0.15, 0.2) is 0 Å². The van der Waals surface area contributed by atoms with Crippen LogP contribution < -0.4 is 5.73 Å². The second-order valence-corrected chi connectivity index (χ2v) is 4.77. The average Bonchev–Trinajstić information content (AvgIpc) is 2.79. The van der Waals surface area contributed by atoms with Crippen LogP contribution in [0.1, 0.15) is 12.1 Å². The van der Waals surface area contributed by atoms with Gasteiger partial charge >= 0.3 is 0 Å². The summed E-state index contributed by atoms with van der Waals surface area (Å²) >= 11 is 0. The van der Waals surface area contributed by atoms with Crippen molar-refractivity contribution in [2.75, 3.05) is 33.2 Å². The normalized spacial score (nSPS) is 21.2. The maximum absolute atomic E-state index is 5.59. The van der Waals surface area contributed by atoms with Crippen LogP contribution in [0.25, 0.3) is 0 Å². The van der Waals surface area contributed by atoms with Crippen LogP contribution in [0.15, 0.2) is 24.4 Å². The molecule has 0 spiro atoms. The van der Waals surface area contributed by atoms with Crippen LogP contribution in [-0.2, 0) is 6.54 Å². The fourth-order valence-corrected chi connectivity index (χ4v) is 2.42. The Kier molecular flexibility index (Phi) is 4.48. The van der Waals surface area contributed by atoms with E-state index in [0.717, 1.165) is 38.4 Å². The predicted octanol–water partition coefficient (Wildman–Crippen LogP) is 0.546. The van der Waals surface area contributed by atoms with E-state index in [2.05, 4.69) is 34.0 Å². The maximum Gasteiger partial charge on any atom is 0.0543 e. The first-order chi connectivity index (χ1) is 8.29. The molecule has 1 saturated heterocycles. The van der Waals surface area contributed by atoms with Gasteiger partial charge in [0.05, 0.1) is 5.69 Å². The predicted molar refractivity (Wildman–Crippen MR) is 69.6 cm³/mol. The number of likely N-dealkylation sites (tertiary alicyclic amines) is 1. The smallest absolute Gasteiger partial charge is 0.0543 e. The lowest BCUT2D eigenvalue weighted by Gasteiger charge is -2.23. The van der Waals surface area contributed by atoms with Crippen molar-refractivity contribution in [3.63, 3.8) is 0 Å². The lowest BCUT2D eigenvalue weighted by atomic mass is 10.2. The third kappa shape index (κ3) is 3.49. The minimum atomic E-state index is 0.655. The third-order valence-corrected chi connectivity index (χ3v) is 3.46. The number of hydrogen-bond acceptors (Lipinski definition) is 4. The van der Waals surface area contributed by atoms with Crippen LogP contribution in [0.3, 0.4) is 0 Å². The zero-order valence-electron chi connectivity index (χ0n) is 10.5. The van der Waals surface area contributed by atoms with Crippen LogP contribution in [0, 0.1) is 0 Å². The minimum Gasteiger partial charge on any atom is -0.329 e. The van der Waals surface area contributed by atoms with Crippen LogP contribution in [0.5, 0.6) is 0 Å². The zero-order valence-corrected chi connectivity index (χ0v) is 10.5. The van der Waals surface area contributed by atoms with Gasteiger partial charge in [-0.05, 0) is 25.6 Å². The third-order valence-electron chi connectivity index (χ3n) is 3.46. The molecule has 2 heterocycles. The van der Waals surface area contributed by atoms with Crippen LogP contribution in [0.4, 0.5) is 0 Å². The molecule has 0 aliphatic carbocycles. The highest BCUT2D eigenvalue weighted by Crippen LogP contribution is 2.15. The number of pyridine rings is 1. The summed E-state index contributed by atoms with van der Waals surface area (Å²) in [6.45, 7) is 4.99. The molecule has 4 nitrogen and oxygen atoms in total. The van der Waals surface area contributed by atoms with Crippen LogP contribution in [-0.4, -0.2) is 54.1 Å². The van der Waals surface area contributed by atoms with Crippen LogP contribution >= 0.6 is 0 Å². The number of nitrogens with two attached hydrogens (primary N) is 1. The number of rotatable bonds is 5. The summed E-state index contributed by atoms with van der Waals surface area (Å²) in [5, 5.41) is 0. The Labute approximate surface area is 103 Å². The number of aromatic nitrogens is 1. The van der Waals surface area contributed by atoms with E-state index in [0.29, 0.717) is 6.04 Å². The Morgan fingerprint density at radius 3 is 3.12 bits per heavy atom. The van der Waals surface area contributed by atoms with Crippen LogP contribution in [0.2, 0.25) is 0 Å². The fourth-order valence-electron chi connectivity index (χ4n) is 2.42. The maximum atomic E-state index is 5.59. The average molecular weight is 234 g/mol. The van der Waals surface area contributed by atoms with Gasteiger partial charge < -0.3 is 10.6 Å². The van der Waals surface area contributed by atoms with E-state index < -0.39 is 0 Å². The molecule has 1 fully saturated rings. The molecule has 0 aromatic carbocycles. The molecule has 0 saturated carbocycles. The largest absolute Gasteiger partial charge is 0.329 e. The van der Waals surface area contributed by atoms with Gasteiger partial charge in [-0.2, -0.15) is 0 Å². The van der Waals surface area contributed by atoms with Crippen molar-refractivity contribution < 1.29 is 0 Å². The molecule has 1 aromatic heterocycles. The summed E-state index contributed by atoms with van der Waals surface area (Å²) in [7, 11) is 2.17. The molecular weight excluding hydrogens is 212 g/mol. The molecular formula is C13H22N4. The fraction of sp³-hybridized carbons (Fsp3) is 0.615. The molecule has 1 atom stereocenters. The van der Waals surface area contributed by atoms with Crippen molar-refractivity contribution in [1.29, 1.82) is 0 Å². The summed E-state index contributed by atoms with van der Waals surface area (Å²) in [5.41, 5.74) is 6.75. The first kappa shape index (κ1) is 12.5. The molecule has 0 bridgehead atoms. The van der Waals surface area contributed by atoms with E-state index in [-0.39, 0.29) is 0 Å². The van der Waals surface area contributed by atoms with E-state index in [1.54, 1.807) is 0 Å². The highest BCUT2D eigenvalue weighted by molar-refractivity contribution is 5.03. The van der Waals surface area contributed by atoms with E-state index in [1.165, 1.54) is 6.42 Å². The molecule has 94 valence electrons. The second-order valence-electron chi connectivity index (χ2n) is 4.77. The Balaban J connectivity index is 1.82. The molecule has 1 aliphatic heterocycles. The molecule has 1 unspecified atom stereocenters. The van der Waals surface area contributed by atoms with E-state index in [9.17, 15) is 0 Å². The van der Waals surface area contributed by atoms with Crippen molar-refractivity contribution in [2.24, 2.45) is 5.73 Å². The van der Waals surface area contributed by atoms with Gasteiger partial charge in [-0.15, -0.1) is 0 Å². The highest BCUT2D eigenvalue weighted by Gasteiger charge is 2.25. The first-order valence-electron chi connectivity index (χ1n) is 6.32. The minimum absolute atomic E-state index is 0.655. The van der Waals surface area contributed by atoms with Gasteiger partial charge in [0.1, 0.15) is 0 Å². The molecule has 0 radical (unpaired) electrons. The van der Waals surface area contributed by atoms with Crippen molar-refractivity contribution in [2.45, 2.75) is 19.0 Å². The number of nitrogens with zero attached hydrogens (tertiary/aromatic N) is 3. The van der Waals surface area contributed by atoms with Crippen molar-refractivity contribution in [3.05, 3.63) is 30.1 Å². The van der Waals surface area contributed by atoms with Gasteiger partial charge in [0.2, 0.25) is 0 Å². The van der Waals surface area contributed by atoms with Gasteiger partial charge in [-0.1, -0.05) is 6.07 Å². The SMILES string of the molecule is CN(CCN)C1CCN(Cc2ccccn2)C1. The van der Waals surface area contributed by atoms with Gasteiger partial charge in [-0.3, -0.25) is 9.88 Å². The molecule has 1 aromatic rings. The zero-order chi connectivity index (χ0) is 12.1. The van der Waals surface area contributed by atoms with E-state index >= 15 is 0 Å². The quantitative estimate of drug-likeness (QED) is 0.808. The summed E-state index contributed by atoms with van der Waals surface area (Å²) < 4.78 is 0. The first-order valence-corrected chi connectivity index (χ1v) is 6.32. The monoisotopic (exact) mass is 234 g/mol. The van der Waals surface area contributed by atoms with Crippen molar-refractivity contribution in [1.82, 2.24) is 14.8 Å². The van der Waals surface area contributed by atoms with Gasteiger partial charge in [0, 0.05) is 45.0 Å². The van der Waals surface area contributed by atoms with Crippen molar-refractivity contribution in [3.8, 4) is 0 Å². The second kappa shape index (κ2) is 6.10. The number of likely N-dealkylation sites (N-methyl/N-ethyl adjacent to an activating group) is 1. The standard InChI is InChI=1S/C13H22N4/c1-16(9-6-14)13-5-8-17(11-13)10-12-4-2-3-7-15-12/h2-4,7,13H,5-6,8-11,14H2,1H3. The molecule has 2 N–H and O–H groups in total. The van der Waals surface area contributed by atoms with Gasteiger partial charge in [0.25, 0.3) is 0 Å². The van der Waals surface area contributed by atoms with E-state index in [1.807, 2.05) is 12.3 Å². The Morgan fingerprint density at radius 2 is 2.41 bits per heavy atom. The number of hydrogen-bond donors (Lipinski definition) is 1. The Bertz CT molecular complexity index is 327. The lowest BCUT2D eigenvalue weighted by Crippen LogP contribution is -2.37. The molecule has 2 rings (SSSR count). The summed E-state index contributed by atoms with van der Waals surface area (Å²) in [4.78, 5) is 9.22. The molecule has 17 heavy (non-hydrogen) atoms. The summed E-state index contributed by atoms with van der Waals surface area (Å²) in [6.07, 6.45) is 3.10. The molecule has 4 heteroatoms. The molecule has 1 aliphatic rings. The summed E-state index contributed by atoms with van der Waals surface area (Å²) in [5.74, 6) is 0. The Morgan fingerprint density at radius 1 is 1.53 bits per heavy atom. The highest BCUT2D eigenvalue weighted by atomic mass is 15.2. The van der Waals surface area contributed by atoms with Crippen molar-refractivity contribution >= 4 is 0 Å². The Hall–Kier alpha value is -0.970. The van der Waals surface area contributed by atoms with E-state index in [4.69, 9.17) is 5.73 Å². The topological polar surface area (TPSA) is 45.4 Å². The lowest BCUT2D eigenvalue weighted by molar-refractivity contribution is 0.233. The van der Waals surface area contributed by atoms with Gasteiger partial charge in [-0.25, -0.2) is 0 Å².